The highest BCUT2D eigenvalue weighted by Gasteiger charge is 2.55. The topological polar surface area (TPSA) is 264 Å². The summed E-state index contributed by atoms with van der Waals surface area (Å²) in [5.74, 6) is 0.111. The predicted molar refractivity (Wildman–Crippen MR) is 181 cm³/mol. The average Bonchev–Trinajstić information content (AvgIpc) is 3.93. The molecule has 21 nitrogen and oxygen atoms in total. The third-order valence-corrected chi connectivity index (χ3v) is 12.2. The molecule has 26 heteroatoms. The molecule has 0 amide bonds. The number of halogens is 1. The number of imidazole rings is 2. The second-order valence-electron chi connectivity index (χ2n) is 12.3. The van der Waals surface area contributed by atoms with Gasteiger partial charge in [0, 0.05) is 0 Å². The molecule has 280 valence electrons. The Kier molecular flexibility index (Phi) is 9.58. The summed E-state index contributed by atoms with van der Waals surface area (Å²) in [5, 5.41) is 0. The lowest BCUT2D eigenvalue weighted by molar-refractivity contribution is -0.0674. The number of nitrogens with two attached hydrogens (primary N) is 2. The number of alkyl halides is 1. The molecule has 3 saturated heterocycles. The first-order valence-corrected chi connectivity index (χ1v) is 21.3. The van der Waals surface area contributed by atoms with Crippen LogP contribution in [0, 0.1) is 0 Å². The fraction of sp³-hybridized carbons (Fsp3) is 0.577. The van der Waals surface area contributed by atoms with Gasteiger partial charge < -0.3 is 30.4 Å². The molecule has 4 N–H and O–H groups in total. The minimum absolute atomic E-state index is 0.0485. The smallest absolute Gasteiger partial charge is 0.431 e. The predicted octanol–water partition coefficient (Wildman–Crippen LogP) is 3.32. The molecule has 1 unspecified atom stereocenters. The Morgan fingerprint density at radius 1 is 0.788 bits per heavy atom. The number of anilines is 2. The van der Waals surface area contributed by atoms with Gasteiger partial charge in [0.15, 0.2) is 47.7 Å². The van der Waals surface area contributed by atoms with Crippen LogP contribution in [0.25, 0.3) is 22.3 Å². The molecule has 0 bridgehead atoms. The molecule has 7 heterocycles. The van der Waals surface area contributed by atoms with E-state index < -0.39 is 82.1 Å². The fourth-order valence-corrected chi connectivity index (χ4v) is 9.56. The Balaban J connectivity index is 1.10. The lowest BCUT2D eigenvalue weighted by atomic mass is 10.1. The van der Waals surface area contributed by atoms with Crippen molar-refractivity contribution < 1.29 is 55.4 Å². The molecule has 4 aromatic heterocycles. The molecule has 8 rings (SSSR count). The van der Waals surface area contributed by atoms with Crippen LogP contribution in [0.1, 0.15) is 38.1 Å². The van der Waals surface area contributed by atoms with Crippen LogP contribution in [0.2, 0.25) is 0 Å². The van der Waals surface area contributed by atoms with Gasteiger partial charge in [0.05, 0.1) is 25.9 Å². The van der Waals surface area contributed by atoms with Gasteiger partial charge in [-0.2, -0.15) is 0 Å². The van der Waals surface area contributed by atoms with Crippen LogP contribution < -0.4 is 11.5 Å². The molecular weight excluding hydrogens is 773 g/mol. The van der Waals surface area contributed by atoms with Gasteiger partial charge in [-0.05, 0) is 25.7 Å². The van der Waals surface area contributed by atoms with E-state index in [1.165, 1.54) is 34.4 Å². The second kappa shape index (κ2) is 13.9. The quantitative estimate of drug-likeness (QED) is 0.131. The Morgan fingerprint density at radius 3 is 1.90 bits per heavy atom. The van der Waals surface area contributed by atoms with Crippen molar-refractivity contribution in [3.05, 3.63) is 25.3 Å². The number of carbonyl (C=O) groups is 1. The number of hydrogen-bond acceptors (Lipinski definition) is 19. The molecule has 1 aliphatic carbocycles. The van der Waals surface area contributed by atoms with E-state index in [0.29, 0.717) is 12.8 Å². The maximum absolute atomic E-state index is 16.2. The molecule has 52 heavy (non-hydrogen) atoms. The minimum Gasteiger partial charge on any atom is -0.431 e. The van der Waals surface area contributed by atoms with Crippen LogP contribution >= 0.6 is 38.1 Å². The zero-order valence-corrected chi connectivity index (χ0v) is 30.2. The fourth-order valence-electron chi connectivity index (χ4n) is 6.59. The summed E-state index contributed by atoms with van der Waals surface area (Å²) in [5.41, 5.74) is 12.6. The van der Waals surface area contributed by atoms with Gasteiger partial charge in [0.25, 0.3) is 0 Å². The maximum atomic E-state index is 16.2. The van der Waals surface area contributed by atoms with Crippen LogP contribution in [-0.4, -0.2) is 101 Å². The highest BCUT2D eigenvalue weighted by Crippen LogP contribution is 2.60. The van der Waals surface area contributed by atoms with E-state index in [-0.39, 0.29) is 40.1 Å². The van der Waals surface area contributed by atoms with Gasteiger partial charge in [-0.1, -0.05) is 24.5 Å². The second-order valence-corrected chi connectivity index (χ2v) is 18.0. The average molecular weight is 805 g/mol. The highest BCUT2D eigenvalue weighted by atomic mass is 32.7. The Labute approximate surface area is 302 Å². The highest BCUT2D eigenvalue weighted by molar-refractivity contribution is 8.44. The standard InChI is InChI=1S/C26H31FN10O11P2S2/c27-14-17-12(44-24(14)36-9-34-15-20(28)30-7-32-22(15)36)5-41-50(40,52)48-18-13(6-42-49(39,51)47-17)45-25(19(18)46-26(38)43-11-3-1-2-4-11)37-10-35-16-21(29)31-8-33-23(16)37/h7-14,17-19,24-25H,1-6H2,(H,39,51)(H,40,52)(H2,28,30,32)(H2,29,31,33)/t12-,13?,14-,17-,18-,19-,24-,25-,49-,50-/m1/s1. The summed E-state index contributed by atoms with van der Waals surface area (Å²) in [6.07, 6.45) is -5.47. The van der Waals surface area contributed by atoms with Crippen molar-refractivity contribution in [1.29, 1.82) is 0 Å². The Bertz CT molecular complexity index is 2090. The number of thiol groups is 2. The number of carbonyl (C=O) groups excluding carboxylic acids is 1. The largest absolute Gasteiger partial charge is 0.509 e. The summed E-state index contributed by atoms with van der Waals surface area (Å²) < 4.78 is 92.7. The van der Waals surface area contributed by atoms with E-state index in [9.17, 15) is 13.9 Å². The molecule has 0 spiro atoms. The van der Waals surface area contributed by atoms with Crippen LogP contribution in [0.3, 0.4) is 0 Å². The van der Waals surface area contributed by atoms with Crippen molar-refractivity contribution in [2.24, 2.45) is 0 Å². The summed E-state index contributed by atoms with van der Waals surface area (Å²) >= 11 is 8.27. The van der Waals surface area contributed by atoms with E-state index in [2.05, 4.69) is 54.4 Å². The van der Waals surface area contributed by atoms with Gasteiger partial charge in [-0.25, -0.2) is 48.2 Å². The summed E-state index contributed by atoms with van der Waals surface area (Å²) in [7, 11) is 0. The monoisotopic (exact) mass is 804 g/mol. The van der Waals surface area contributed by atoms with E-state index in [4.69, 9.17) is 48.5 Å². The van der Waals surface area contributed by atoms with Crippen molar-refractivity contribution in [2.45, 2.75) is 80.9 Å². The number of hydrogen-bond donors (Lipinski definition) is 4. The number of ether oxygens (including phenoxy) is 4. The van der Waals surface area contributed by atoms with Crippen molar-refractivity contribution in [3.8, 4) is 0 Å². The molecule has 4 fully saturated rings. The molecule has 4 aliphatic rings. The molecule has 1 saturated carbocycles. The molecular formula is C26H31FN10O11P2S2. The zero-order valence-electron chi connectivity index (χ0n) is 26.6. The molecule has 10 atom stereocenters. The Hall–Kier alpha value is -3.18. The van der Waals surface area contributed by atoms with Crippen LogP contribution in [-0.2, 0) is 46.2 Å². The number of fused-ring (bicyclic) bond motifs is 4. The van der Waals surface area contributed by atoms with E-state index in [1.54, 1.807) is 0 Å². The van der Waals surface area contributed by atoms with Gasteiger partial charge in [0.1, 0.15) is 54.2 Å². The lowest BCUT2D eigenvalue weighted by Crippen LogP contribution is -2.40. The zero-order chi connectivity index (χ0) is 36.4. The number of nitrogens with zero attached hydrogens (tertiary/aromatic N) is 8. The Morgan fingerprint density at radius 2 is 1.31 bits per heavy atom. The normalized spacial score (nSPS) is 35.9. The van der Waals surface area contributed by atoms with Gasteiger partial charge in [-0.15, -0.1) is 0 Å². The third-order valence-electron chi connectivity index (χ3n) is 8.99. The van der Waals surface area contributed by atoms with Crippen LogP contribution in [0.15, 0.2) is 25.3 Å². The van der Waals surface area contributed by atoms with Crippen LogP contribution in [0.4, 0.5) is 20.8 Å². The van der Waals surface area contributed by atoms with Gasteiger partial charge >= 0.3 is 19.8 Å². The van der Waals surface area contributed by atoms with Crippen molar-refractivity contribution >= 4 is 78.2 Å². The van der Waals surface area contributed by atoms with E-state index >= 15 is 4.39 Å². The molecule has 4 aromatic rings. The van der Waals surface area contributed by atoms with Crippen molar-refractivity contribution in [3.63, 3.8) is 0 Å². The van der Waals surface area contributed by atoms with Gasteiger partial charge in [-0.3, -0.25) is 27.2 Å². The van der Waals surface area contributed by atoms with Crippen molar-refractivity contribution in [1.82, 2.24) is 39.0 Å². The number of nitrogen functional groups attached to an aromatic ring is 2. The van der Waals surface area contributed by atoms with Crippen molar-refractivity contribution in [2.75, 3.05) is 24.7 Å². The van der Waals surface area contributed by atoms with Gasteiger partial charge in [0.2, 0.25) is 0 Å². The molecule has 3 aliphatic heterocycles. The molecule has 0 aromatic carbocycles. The first-order chi connectivity index (χ1) is 24.9. The summed E-state index contributed by atoms with van der Waals surface area (Å²) in [6, 6.07) is 0. The maximum Gasteiger partial charge on any atom is 0.509 e. The summed E-state index contributed by atoms with van der Waals surface area (Å²) in [6.45, 7) is -10.2. The summed E-state index contributed by atoms with van der Waals surface area (Å²) in [4.78, 5) is 37.7. The number of aromatic nitrogens is 8. The number of rotatable bonds is 4. The van der Waals surface area contributed by atoms with E-state index in [0.717, 1.165) is 12.8 Å². The SMILES string of the molecule is Nc1ncnc2c1ncn2[C@@H]1O[C@@H]2CO[P@@](=O)(S)O[C@@H]3C(CO[P@@](=O)(S)O[C@H]2[C@H]1F)O[C@@H](n1cnc2c(N)ncnc21)[C@@H]3OC(=O)OC1CCCC1. The first kappa shape index (κ1) is 35.8. The molecule has 0 radical (unpaired) electrons. The lowest BCUT2D eigenvalue weighted by Gasteiger charge is -2.29. The van der Waals surface area contributed by atoms with Crippen LogP contribution in [0.5, 0.6) is 0 Å². The minimum atomic E-state index is -4.45. The van der Waals surface area contributed by atoms with E-state index in [1.807, 2.05) is 0 Å². The first-order valence-electron chi connectivity index (χ1n) is 15.9. The third kappa shape index (κ3) is 6.85.